The third kappa shape index (κ3) is 7.63. The molecule has 0 aromatic heterocycles. The molecule has 0 spiro atoms. The van der Waals surface area contributed by atoms with Crippen molar-refractivity contribution < 1.29 is 28.6 Å². The van der Waals surface area contributed by atoms with Crippen LogP contribution in [0.4, 0.5) is 0 Å². The molecular weight excluding hydrogens is 678 g/mol. The van der Waals surface area contributed by atoms with E-state index in [0.29, 0.717) is 41.6 Å². The summed E-state index contributed by atoms with van der Waals surface area (Å²) in [5.74, 6) is -0.536. The van der Waals surface area contributed by atoms with Crippen LogP contribution in [0, 0.1) is 0 Å². The lowest BCUT2D eigenvalue weighted by Crippen LogP contribution is -2.34. The smallest absolute Gasteiger partial charge is 0.344 e. The number of carbonyl (C=O) groups is 3. The molecule has 0 saturated heterocycles. The van der Waals surface area contributed by atoms with Gasteiger partial charge in [-0.1, -0.05) is 28.1 Å². The van der Waals surface area contributed by atoms with Crippen molar-refractivity contribution >= 4 is 71.8 Å². The van der Waals surface area contributed by atoms with Gasteiger partial charge in [-0.25, -0.2) is 10.2 Å². The van der Waals surface area contributed by atoms with E-state index in [0.717, 1.165) is 0 Å². The van der Waals surface area contributed by atoms with Crippen molar-refractivity contribution in [3.8, 4) is 17.2 Å². The highest BCUT2D eigenvalue weighted by atomic mass is 79.9. The summed E-state index contributed by atoms with van der Waals surface area (Å²) in [6, 6.07) is 14.9. The highest BCUT2D eigenvalue weighted by molar-refractivity contribution is 9.11. The molecule has 0 heterocycles. The number of hydrazone groups is 1. The SMILES string of the molecule is COc1ccc(C(=O)NCC(=O)N/N=C\c2cc(Br)cc(Br)c2OC(=O)c2ccccc2Br)cc1OC. The summed E-state index contributed by atoms with van der Waals surface area (Å²) in [4.78, 5) is 37.3. The lowest BCUT2D eigenvalue weighted by molar-refractivity contribution is -0.120. The first kappa shape index (κ1) is 28.4. The third-order valence-corrected chi connectivity index (χ3v) is 6.51. The van der Waals surface area contributed by atoms with Crippen LogP contribution < -0.4 is 25.0 Å². The Morgan fingerprint density at radius 2 is 1.65 bits per heavy atom. The molecule has 0 atom stereocenters. The highest BCUT2D eigenvalue weighted by Gasteiger charge is 2.17. The monoisotopic (exact) mass is 695 g/mol. The minimum Gasteiger partial charge on any atom is -0.493 e. The van der Waals surface area contributed by atoms with Gasteiger partial charge in [0.1, 0.15) is 0 Å². The maximum absolute atomic E-state index is 12.7. The Labute approximate surface area is 237 Å². The van der Waals surface area contributed by atoms with E-state index >= 15 is 0 Å². The maximum atomic E-state index is 12.7. The first-order chi connectivity index (χ1) is 17.7. The van der Waals surface area contributed by atoms with Gasteiger partial charge in [-0.05, 0) is 74.3 Å². The number of esters is 1. The van der Waals surface area contributed by atoms with Crippen molar-refractivity contribution in [1.82, 2.24) is 10.7 Å². The predicted octanol–water partition coefficient (Wildman–Crippen LogP) is 5.09. The van der Waals surface area contributed by atoms with Gasteiger partial charge in [-0.3, -0.25) is 9.59 Å². The van der Waals surface area contributed by atoms with Gasteiger partial charge in [0.05, 0.1) is 37.0 Å². The van der Waals surface area contributed by atoms with Gasteiger partial charge in [0.25, 0.3) is 11.8 Å². The van der Waals surface area contributed by atoms with Crippen LogP contribution in [0.25, 0.3) is 0 Å². The molecule has 0 fully saturated rings. The Bertz CT molecular complexity index is 1360. The van der Waals surface area contributed by atoms with E-state index in [1.165, 1.54) is 26.5 Å². The van der Waals surface area contributed by atoms with E-state index in [-0.39, 0.29) is 12.3 Å². The lowest BCUT2D eigenvalue weighted by atomic mass is 10.2. The zero-order valence-electron chi connectivity index (χ0n) is 19.5. The number of carbonyl (C=O) groups excluding carboxylic acids is 3. The summed E-state index contributed by atoms with van der Waals surface area (Å²) in [5, 5.41) is 6.43. The van der Waals surface area contributed by atoms with Crippen LogP contribution in [-0.2, 0) is 4.79 Å². The van der Waals surface area contributed by atoms with Gasteiger partial charge in [0, 0.05) is 20.1 Å². The second-order valence-corrected chi connectivity index (χ2v) is 9.85. The van der Waals surface area contributed by atoms with Gasteiger partial charge in [0.2, 0.25) is 0 Å². The highest BCUT2D eigenvalue weighted by Crippen LogP contribution is 2.33. The number of benzene rings is 3. The molecule has 9 nitrogen and oxygen atoms in total. The van der Waals surface area contributed by atoms with Crippen LogP contribution >= 0.6 is 47.8 Å². The Morgan fingerprint density at radius 1 is 0.919 bits per heavy atom. The first-order valence-corrected chi connectivity index (χ1v) is 12.9. The van der Waals surface area contributed by atoms with Gasteiger partial charge in [0.15, 0.2) is 17.2 Å². The Morgan fingerprint density at radius 3 is 2.35 bits per heavy atom. The Hall–Kier alpha value is -3.22. The molecule has 192 valence electrons. The molecule has 0 aliphatic heterocycles. The Balaban J connectivity index is 1.64. The second-order valence-electron chi connectivity index (χ2n) is 7.22. The number of nitrogens with one attached hydrogen (secondary N) is 2. The minimum atomic E-state index is -0.577. The maximum Gasteiger partial charge on any atom is 0.344 e. The number of amides is 2. The second kappa shape index (κ2) is 13.4. The lowest BCUT2D eigenvalue weighted by Gasteiger charge is -2.11. The zero-order chi connectivity index (χ0) is 26.9. The van der Waals surface area contributed by atoms with Crippen molar-refractivity contribution in [2.75, 3.05) is 20.8 Å². The van der Waals surface area contributed by atoms with Crippen LogP contribution in [0.1, 0.15) is 26.3 Å². The number of nitrogens with zero attached hydrogens (tertiary/aromatic N) is 1. The van der Waals surface area contributed by atoms with E-state index in [4.69, 9.17) is 14.2 Å². The van der Waals surface area contributed by atoms with E-state index in [1.54, 1.807) is 48.5 Å². The molecule has 0 saturated carbocycles. The molecule has 3 aromatic rings. The van der Waals surface area contributed by atoms with Gasteiger partial charge in [-0.15, -0.1) is 0 Å². The van der Waals surface area contributed by atoms with Crippen molar-refractivity contribution in [3.05, 3.63) is 84.7 Å². The topological polar surface area (TPSA) is 115 Å². The third-order valence-electron chi connectivity index (χ3n) is 4.77. The normalized spacial score (nSPS) is 10.6. The van der Waals surface area contributed by atoms with Crippen LogP contribution in [0.2, 0.25) is 0 Å². The fourth-order valence-corrected chi connectivity index (χ4v) is 4.80. The molecule has 37 heavy (non-hydrogen) atoms. The van der Waals surface area contributed by atoms with Crippen molar-refractivity contribution in [3.63, 3.8) is 0 Å². The molecule has 0 bridgehead atoms. The van der Waals surface area contributed by atoms with Gasteiger partial charge in [-0.2, -0.15) is 5.10 Å². The molecule has 12 heteroatoms. The fraction of sp³-hybridized carbons (Fsp3) is 0.120. The number of ether oxygens (including phenoxy) is 3. The first-order valence-electron chi connectivity index (χ1n) is 10.5. The summed E-state index contributed by atoms with van der Waals surface area (Å²) >= 11 is 10.1. The molecular formula is C25H20Br3N3O6. The molecule has 2 N–H and O–H groups in total. The van der Waals surface area contributed by atoms with E-state index in [2.05, 4.69) is 63.6 Å². The molecule has 0 aliphatic rings. The van der Waals surface area contributed by atoms with Gasteiger partial charge < -0.3 is 19.5 Å². The summed E-state index contributed by atoms with van der Waals surface area (Å²) < 4.78 is 17.7. The van der Waals surface area contributed by atoms with Gasteiger partial charge >= 0.3 is 5.97 Å². The predicted molar refractivity (Wildman–Crippen MR) is 149 cm³/mol. The fourth-order valence-electron chi connectivity index (χ4n) is 3.01. The standard InChI is InChI=1S/C25H20Br3N3O6/c1-35-20-8-7-14(10-21(20)36-2)24(33)29-13-22(32)31-30-12-15-9-16(26)11-19(28)23(15)37-25(34)17-5-3-4-6-18(17)27/h3-12H,13H2,1-2H3,(H,29,33)(H,31,32)/b30-12-. The summed E-state index contributed by atoms with van der Waals surface area (Å²) in [6.45, 7) is -0.323. The molecule has 0 aliphatic carbocycles. The molecule has 2 amide bonds. The molecule has 3 aromatic carbocycles. The quantitative estimate of drug-likeness (QED) is 0.139. The summed E-state index contributed by atoms with van der Waals surface area (Å²) in [6.07, 6.45) is 1.33. The summed E-state index contributed by atoms with van der Waals surface area (Å²) in [7, 11) is 2.95. The average molecular weight is 698 g/mol. The minimum absolute atomic E-state index is 0.212. The largest absolute Gasteiger partial charge is 0.493 e. The van der Waals surface area contributed by atoms with Crippen molar-refractivity contribution in [1.29, 1.82) is 0 Å². The number of hydrogen-bond acceptors (Lipinski definition) is 7. The van der Waals surface area contributed by atoms with Crippen LogP contribution in [-0.4, -0.2) is 44.8 Å². The van der Waals surface area contributed by atoms with Crippen molar-refractivity contribution in [2.45, 2.75) is 0 Å². The van der Waals surface area contributed by atoms with Crippen LogP contribution in [0.5, 0.6) is 17.2 Å². The number of hydrogen-bond donors (Lipinski definition) is 2. The summed E-state index contributed by atoms with van der Waals surface area (Å²) in [5.41, 5.74) is 3.39. The van der Waals surface area contributed by atoms with E-state index in [1.807, 2.05) is 0 Å². The Kier molecular flexibility index (Phi) is 10.2. The van der Waals surface area contributed by atoms with E-state index < -0.39 is 17.8 Å². The van der Waals surface area contributed by atoms with Crippen molar-refractivity contribution in [2.24, 2.45) is 5.10 Å². The number of methoxy groups -OCH3 is 2. The molecule has 0 radical (unpaired) electrons. The molecule has 0 unspecified atom stereocenters. The number of rotatable bonds is 9. The zero-order valence-corrected chi connectivity index (χ0v) is 24.3. The number of halogens is 3. The molecule has 3 rings (SSSR count). The average Bonchev–Trinajstić information content (AvgIpc) is 2.88. The van der Waals surface area contributed by atoms with Crippen LogP contribution in [0.15, 0.2) is 73.1 Å². The van der Waals surface area contributed by atoms with Crippen LogP contribution in [0.3, 0.4) is 0 Å². The van der Waals surface area contributed by atoms with E-state index in [9.17, 15) is 14.4 Å².